The number of hydrogen-bond donors (Lipinski definition) is 1. The molecule has 0 saturated heterocycles. The molecule has 31 heavy (non-hydrogen) atoms. The van der Waals surface area contributed by atoms with Crippen LogP contribution >= 0.6 is 0 Å². The van der Waals surface area contributed by atoms with Crippen molar-refractivity contribution in [2.75, 3.05) is 6.54 Å². The Morgan fingerprint density at radius 3 is 2.13 bits per heavy atom. The first kappa shape index (κ1) is 21.1. The molecule has 0 spiro atoms. The van der Waals surface area contributed by atoms with Crippen molar-refractivity contribution in [1.82, 2.24) is 5.32 Å². The monoisotopic (exact) mass is 409 g/mol. The third kappa shape index (κ3) is 5.14. The van der Waals surface area contributed by atoms with Crippen molar-refractivity contribution in [2.45, 2.75) is 43.9 Å². The van der Waals surface area contributed by atoms with Crippen molar-refractivity contribution in [1.29, 1.82) is 0 Å². The highest BCUT2D eigenvalue weighted by atomic mass is 16.1. The van der Waals surface area contributed by atoms with E-state index in [4.69, 9.17) is 0 Å². The first-order chi connectivity index (χ1) is 15.2. The number of ketones is 1. The molecule has 2 heteroatoms. The molecular formula is C29H31NO. The average molecular weight is 410 g/mol. The topological polar surface area (TPSA) is 29.1 Å². The highest BCUT2D eigenvalue weighted by Gasteiger charge is 2.36. The van der Waals surface area contributed by atoms with Gasteiger partial charge in [0.05, 0.1) is 0 Å². The van der Waals surface area contributed by atoms with E-state index >= 15 is 0 Å². The van der Waals surface area contributed by atoms with Gasteiger partial charge in [0.15, 0.2) is 0 Å². The number of carbonyl (C=O) groups is 1. The molecule has 0 atom stereocenters. The predicted molar refractivity (Wildman–Crippen MR) is 129 cm³/mol. The van der Waals surface area contributed by atoms with Crippen LogP contribution in [-0.2, 0) is 23.1 Å². The summed E-state index contributed by atoms with van der Waals surface area (Å²) in [5, 5.41) is 3.66. The molecule has 0 aromatic heterocycles. The van der Waals surface area contributed by atoms with Gasteiger partial charge in [-0.25, -0.2) is 0 Å². The van der Waals surface area contributed by atoms with Gasteiger partial charge in [-0.15, -0.1) is 0 Å². The lowest BCUT2D eigenvalue weighted by Gasteiger charge is -2.38. The molecule has 1 fully saturated rings. The molecule has 2 nitrogen and oxygen atoms in total. The molecule has 1 N–H and O–H groups in total. The lowest BCUT2D eigenvalue weighted by molar-refractivity contribution is -0.121. The molecule has 1 aliphatic rings. The lowest BCUT2D eigenvalue weighted by Crippen LogP contribution is -2.41. The van der Waals surface area contributed by atoms with Crippen molar-refractivity contribution in [3.05, 3.63) is 114 Å². The SMILES string of the molecule is C=C(NCC1(c2ccccc2)CCC(=O)CC1)c1ccccc1CCc1ccccc1. The molecule has 0 bridgehead atoms. The zero-order valence-corrected chi connectivity index (χ0v) is 18.1. The molecular weight excluding hydrogens is 378 g/mol. The van der Waals surface area contributed by atoms with Crippen LogP contribution in [-0.4, -0.2) is 12.3 Å². The summed E-state index contributed by atoms with van der Waals surface area (Å²) in [6, 6.07) is 29.8. The maximum absolute atomic E-state index is 11.9. The van der Waals surface area contributed by atoms with Gasteiger partial charge in [0.2, 0.25) is 0 Å². The van der Waals surface area contributed by atoms with Gasteiger partial charge in [-0.1, -0.05) is 91.5 Å². The van der Waals surface area contributed by atoms with Crippen LogP contribution in [0.5, 0.6) is 0 Å². The van der Waals surface area contributed by atoms with Gasteiger partial charge in [0, 0.05) is 36.1 Å². The minimum atomic E-state index is -0.0168. The van der Waals surface area contributed by atoms with E-state index < -0.39 is 0 Å². The first-order valence-electron chi connectivity index (χ1n) is 11.3. The second-order valence-electron chi connectivity index (χ2n) is 8.66. The van der Waals surface area contributed by atoms with Crippen molar-refractivity contribution < 1.29 is 4.79 Å². The van der Waals surface area contributed by atoms with E-state index in [0.717, 1.165) is 37.9 Å². The molecule has 1 saturated carbocycles. The highest BCUT2D eigenvalue weighted by molar-refractivity contribution is 5.79. The standard InChI is InChI=1S/C29H31NO/c1-23(28-15-9-8-12-25(28)17-16-24-10-4-2-5-11-24)30-22-29(20-18-27(31)19-21-29)26-13-6-3-7-14-26/h2-15,30H,1,16-22H2. The molecule has 0 amide bonds. The van der Waals surface area contributed by atoms with E-state index in [0.29, 0.717) is 18.6 Å². The van der Waals surface area contributed by atoms with Crippen LogP contribution in [0.4, 0.5) is 0 Å². The second-order valence-corrected chi connectivity index (χ2v) is 8.66. The van der Waals surface area contributed by atoms with Crippen LogP contribution < -0.4 is 5.32 Å². The number of carbonyl (C=O) groups excluding carboxylic acids is 1. The summed E-state index contributed by atoms with van der Waals surface area (Å²) in [5.74, 6) is 0.386. The Bertz CT molecular complexity index is 1010. The zero-order chi connectivity index (χ0) is 21.5. The summed E-state index contributed by atoms with van der Waals surface area (Å²) in [4.78, 5) is 11.9. The number of rotatable bonds is 8. The van der Waals surface area contributed by atoms with Crippen LogP contribution in [0, 0.1) is 0 Å². The van der Waals surface area contributed by atoms with E-state index in [1.165, 1.54) is 22.3 Å². The van der Waals surface area contributed by atoms with Gasteiger partial charge < -0.3 is 5.32 Å². The fourth-order valence-corrected chi connectivity index (χ4v) is 4.69. The maximum atomic E-state index is 11.9. The van der Waals surface area contributed by atoms with E-state index in [2.05, 4.69) is 96.8 Å². The smallest absolute Gasteiger partial charge is 0.132 e. The summed E-state index contributed by atoms with van der Waals surface area (Å²) < 4.78 is 0. The van der Waals surface area contributed by atoms with Crippen LogP contribution in [0.2, 0.25) is 0 Å². The van der Waals surface area contributed by atoms with E-state index in [9.17, 15) is 4.79 Å². The third-order valence-corrected chi connectivity index (χ3v) is 6.66. The Balaban J connectivity index is 1.48. The Morgan fingerprint density at radius 2 is 1.42 bits per heavy atom. The summed E-state index contributed by atoms with van der Waals surface area (Å²) in [6.07, 6.45) is 5.12. The van der Waals surface area contributed by atoms with Crippen molar-refractivity contribution >= 4 is 11.5 Å². The van der Waals surface area contributed by atoms with Crippen LogP contribution in [0.15, 0.2) is 91.5 Å². The van der Waals surface area contributed by atoms with Crippen molar-refractivity contribution in [3.8, 4) is 0 Å². The average Bonchev–Trinajstić information content (AvgIpc) is 2.84. The lowest BCUT2D eigenvalue weighted by atomic mass is 9.69. The Hall–Kier alpha value is -3.13. The molecule has 4 rings (SSSR count). The van der Waals surface area contributed by atoms with Gasteiger partial charge in [0.1, 0.15) is 5.78 Å². The normalized spacial score (nSPS) is 15.4. The number of aryl methyl sites for hydroxylation is 2. The Labute approximate surface area is 186 Å². The Morgan fingerprint density at radius 1 is 0.806 bits per heavy atom. The third-order valence-electron chi connectivity index (χ3n) is 6.66. The summed E-state index contributed by atoms with van der Waals surface area (Å²) in [5.41, 5.74) is 6.13. The quantitative estimate of drug-likeness (QED) is 0.486. The molecule has 0 radical (unpaired) electrons. The van der Waals surface area contributed by atoms with Gasteiger partial charge in [-0.05, 0) is 42.4 Å². The molecule has 0 aliphatic heterocycles. The molecule has 1 aliphatic carbocycles. The second kappa shape index (κ2) is 9.78. The van der Waals surface area contributed by atoms with Crippen molar-refractivity contribution in [3.63, 3.8) is 0 Å². The van der Waals surface area contributed by atoms with Gasteiger partial charge in [-0.2, -0.15) is 0 Å². The fraction of sp³-hybridized carbons (Fsp3) is 0.276. The largest absolute Gasteiger partial charge is 0.384 e. The molecule has 3 aromatic carbocycles. The molecule has 0 unspecified atom stereocenters. The van der Waals surface area contributed by atoms with Gasteiger partial charge >= 0.3 is 0 Å². The summed E-state index contributed by atoms with van der Waals surface area (Å²) in [6.45, 7) is 5.19. The number of nitrogens with one attached hydrogen (secondary N) is 1. The highest BCUT2D eigenvalue weighted by Crippen LogP contribution is 2.38. The Kier molecular flexibility index (Phi) is 6.66. The minimum absolute atomic E-state index is 0.0168. The molecule has 158 valence electrons. The number of hydrogen-bond acceptors (Lipinski definition) is 2. The number of benzene rings is 3. The maximum Gasteiger partial charge on any atom is 0.132 e. The van der Waals surface area contributed by atoms with Gasteiger partial charge in [-0.3, -0.25) is 4.79 Å². The predicted octanol–water partition coefficient (Wildman–Crippen LogP) is 6.11. The van der Waals surface area contributed by atoms with E-state index in [1.807, 2.05) is 0 Å². The van der Waals surface area contributed by atoms with Crippen LogP contribution in [0.1, 0.15) is 47.9 Å². The molecule has 0 heterocycles. The summed E-state index contributed by atoms with van der Waals surface area (Å²) in [7, 11) is 0. The summed E-state index contributed by atoms with van der Waals surface area (Å²) >= 11 is 0. The van der Waals surface area contributed by atoms with E-state index in [-0.39, 0.29) is 5.41 Å². The van der Waals surface area contributed by atoms with Crippen LogP contribution in [0.3, 0.4) is 0 Å². The van der Waals surface area contributed by atoms with Gasteiger partial charge in [0.25, 0.3) is 0 Å². The molecule has 3 aromatic rings. The first-order valence-corrected chi connectivity index (χ1v) is 11.3. The van der Waals surface area contributed by atoms with Crippen molar-refractivity contribution in [2.24, 2.45) is 0 Å². The fourth-order valence-electron chi connectivity index (χ4n) is 4.69. The minimum Gasteiger partial charge on any atom is -0.384 e. The van der Waals surface area contributed by atoms with E-state index in [1.54, 1.807) is 0 Å². The van der Waals surface area contributed by atoms with Crippen LogP contribution in [0.25, 0.3) is 5.70 Å². The zero-order valence-electron chi connectivity index (χ0n) is 18.1. The number of Topliss-reactive ketones (excluding diaryl/α,β-unsaturated/α-hetero) is 1.